The molecule has 0 spiro atoms. The molecular formula is C24H18F4N2O3S2. The number of benzene rings is 3. The van der Waals surface area contributed by atoms with Crippen molar-refractivity contribution in [3.8, 4) is 0 Å². The van der Waals surface area contributed by atoms with E-state index in [2.05, 4.69) is 5.32 Å². The quantitative estimate of drug-likeness (QED) is 0.325. The Hall–Kier alpha value is -3.44. The molecule has 3 aromatic carbocycles. The highest BCUT2D eigenvalue weighted by molar-refractivity contribution is 7.93. The SMILES string of the molecule is CNC(=O)c1c(N(Cc2ccc(F)c(C(F)(F)F)c2)S(=O)(=O)c2ccccc2)sc2ccccc12. The number of alkyl halides is 3. The predicted octanol–water partition coefficient (Wildman–Crippen LogP) is 5.81. The first-order chi connectivity index (χ1) is 16.5. The number of carbonyl (C=O) groups excluding carboxylic acids is 1. The zero-order valence-corrected chi connectivity index (χ0v) is 19.8. The van der Waals surface area contributed by atoms with E-state index in [0.29, 0.717) is 22.2 Å². The number of hydrogen-bond acceptors (Lipinski definition) is 4. The highest BCUT2D eigenvalue weighted by Gasteiger charge is 2.36. The van der Waals surface area contributed by atoms with Crippen molar-refractivity contribution in [2.24, 2.45) is 0 Å². The normalized spacial score (nSPS) is 12.0. The predicted molar refractivity (Wildman–Crippen MR) is 126 cm³/mol. The van der Waals surface area contributed by atoms with Gasteiger partial charge < -0.3 is 5.32 Å². The van der Waals surface area contributed by atoms with Gasteiger partial charge in [-0.2, -0.15) is 13.2 Å². The Kier molecular flexibility index (Phi) is 6.56. The van der Waals surface area contributed by atoms with Gasteiger partial charge in [-0.1, -0.05) is 42.5 Å². The van der Waals surface area contributed by atoms with Crippen LogP contribution in [0.25, 0.3) is 10.1 Å². The fourth-order valence-corrected chi connectivity index (χ4v) is 6.49. The molecule has 182 valence electrons. The smallest absolute Gasteiger partial charge is 0.355 e. The van der Waals surface area contributed by atoms with Crippen LogP contribution in [0.3, 0.4) is 0 Å². The van der Waals surface area contributed by atoms with E-state index < -0.39 is 40.0 Å². The molecule has 4 rings (SSSR count). The average molecular weight is 523 g/mol. The molecule has 1 N–H and O–H groups in total. The minimum Gasteiger partial charge on any atom is -0.355 e. The Labute approximate surface area is 202 Å². The van der Waals surface area contributed by atoms with Crippen molar-refractivity contribution in [3.63, 3.8) is 0 Å². The molecule has 0 radical (unpaired) electrons. The molecule has 0 bridgehead atoms. The molecule has 0 saturated carbocycles. The number of rotatable bonds is 6. The van der Waals surface area contributed by atoms with E-state index in [1.54, 1.807) is 30.3 Å². The monoisotopic (exact) mass is 522 g/mol. The average Bonchev–Trinajstić information content (AvgIpc) is 3.21. The number of nitrogens with one attached hydrogen (secondary N) is 1. The molecule has 0 aliphatic rings. The van der Waals surface area contributed by atoms with Gasteiger partial charge in [0.05, 0.1) is 22.6 Å². The van der Waals surface area contributed by atoms with Gasteiger partial charge in [0.25, 0.3) is 15.9 Å². The molecule has 0 unspecified atom stereocenters. The van der Waals surface area contributed by atoms with Gasteiger partial charge in [0.15, 0.2) is 0 Å². The van der Waals surface area contributed by atoms with Crippen molar-refractivity contribution < 1.29 is 30.8 Å². The molecular weight excluding hydrogens is 504 g/mol. The van der Waals surface area contributed by atoms with Crippen LogP contribution in [0.1, 0.15) is 21.5 Å². The lowest BCUT2D eigenvalue weighted by Crippen LogP contribution is -2.32. The maximum Gasteiger partial charge on any atom is 0.419 e. The number of hydrogen-bond donors (Lipinski definition) is 1. The van der Waals surface area contributed by atoms with Gasteiger partial charge in [0.2, 0.25) is 0 Å². The van der Waals surface area contributed by atoms with Gasteiger partial charge in [-0.05, 0) is 35.9 Å². The fraction of sp³-hybridized carbons (Fsp3) is 0.125. The molecule has 0 aliphatic heterocycles. The van der Waals surface area contributed by atoms with Gasteiger partial charge in [0.1, 0.15) is 10.8 Å². The number of fused-ring (bicyclic) bond motifs is 1. The molecule has 11 heteroatoms. The maximum absolute atomic E-state index is 13.9. The van der Waals surface area contributed by atoms with Crippen LogP contribution in [0.15, 0.2) is 77.7 Å². The van der Waals surface area contributed by atoms with E-state index in [-0.39, 0.29) is 21.0 Å². The van der Waals surface area contributed by atoms with E-state index in [1.165, 1.54) is 31.3 Å². The summed E-state index contributed by atoms with van der Waals surface area (Å²) in [5.41, 5.74) is -1.53. The highest BCUT2D eigenvalue weighted by Crippen LogP contribution is 2.41. The number of thiophene rings is 1. The Balaban J connectivity index is 1.96. The number of carbonyl (C=O) groups is 1. The van der Waals surface area contributed by atoms with E-state index in [0.717, 1.165) is 21.7 Å². The van der Waals surface area contributed by atoms with Crippen molar-refractivity contribution in [2.75, 3.05) is 11.4 Å². The fourth-order valence-electron chi connectivity index (χ4n) is 3.59. The lowest BCUT2D eigenvalue weighted by molar-refractivity contribution is -0.140. The lowest BCUT2D eigenvalue weighted by Gasteiger charge is -2.25. The third-order valence-electron chi connectivity index (χ3n) is 5.25. The zero-order valence-electron chi connectivity index (χ0n) is 18.1. The first kappa shape index (κ1) is 24.7. The molecule has 5 nitrogen and oxygen atoms in total. The summed E-state index contributed by atoms with van der Waals surface area (Å²) < 4.78 is 82.8. The van der Waals surface area contributed by atoms with Gasteiger partial charge in [-0.25, -0.2) is 12.8 Å². The van der Waals surface area contributed by atoms with Crippen molar-refractivity contribution in [3.05, 3.63) is 95.3 Å². The second-order valence-corrected chi connectivity index (χ2v) is 10.4. The van der Waals surface area contributed by atoms with Crippen LogP contribution in [0.5, 0.6) is 0 Å². The minimum atomic E-state index is -4.96. The van der Waals surface area contributed by atoms with Gasteiger partial charge in [-0.15, -0.1) is 11.3 Å². The van der Waals surface area contributed by atoms with Crippen LogP contribution in [0, 0.1) is 5.82 Å². The van der Waals surface area contributed by atoms with Gasteiger partial charge in [0, 0.05) is 17.1 Å². The Bertz CT molecular complexity index is 1500. The van der Waals surface area contributed by atoms with E-state index in [9.17, 15) is 30.8 Å². The summed E-state index contributed by atoms with van der Waals surface area (Å²) in [6.07, 6.45) is -4.96. The highest BCUT2D eigenvalue weighted by atomic mass is 32.2. The molecule has 1 heterocycles. The summed E-state index contributed by atoms with van der Waals surface area (Å²) in [4.78, 5) is 12.7. The van der Waals surface area contributed by atoms with Crippen molar-refractivity contribution in [2.45, 2.75) is 17.6 Å². The second-order valence-electron chi connectivity index (χ2n) is 7.49. The Morgan fingerprint density at radius 3 is 2.31 bits per heavy atom. The van der Waals surface area contributed by atoms with Gasteiger partial charge in [-0.3, -0.25) is 9.10 Å². The van der Waals surface area contributed by atoms with Gasteiger partial charge >= 0.3 is 6.18 Å². The van der Waals surface area contributed by atoms with Crippen LogP contribution < -0.4 is 9.62 Å². The molecule has 35 heavy (non-hydrogen) atoms. The topological polar surface area (TPSA) is 66.5 Å². The molecule has 0 aliphatic carbocycles. The Morgan fingerprint density at radius 2 is 1.66 bits per heavy atom. The van der Waals surface area contributed by atoms with Crippen molar-refractivity contribution >= 4 is 42.4 Å². The summed E-state index contributed by atoms with van der Waals surface area (Å²) in [5, 5.41) is 3.02. The lowest BCUT2D eigenvalue weighted by atomic mass is 10.1. The van der Waals surface area contributed by atoms with E-state index in [1.807, 2.05) is 0 Å². The number of halogens is 4. The van der Waals surface area contributed by atoms with Crippen LogP contribution in [0.2, 0.25) is 0 Å². The van der Waals surface area contributed by atoms with Crippen LogP contribution >= 0.6 is 11.3 Å². The molecule has 1 aromatic heterocycles. The zero-order chi connectivity index (χ0) is 25.4. The first-order valence-corrected chi connectivity index (χ1v) is 12.5. The molecule has 1 amide bonds. The van der Waals surface area contributed by atoms with Crippen molar-refractivity contribution in [1.82, 2.24) is 5.32 Å². The minimum absolute atomic E-state index is 0.0345. The summed E-state index contributed by atoms with van der Waals surface area (Å²) >= 11 is 1.02. The standard InChI is InChI=1S/C24H18F4N2O3S2/c1-29-22(31)21-17-9-5-6-10-20(17)34-23(21)30(35(32,33)16-7-3-2-4-8-16)14-15-11-12-19(25)18(13-15)24(26,27)28/h2-13H,14H2,1H3,(H,29,31). The number of amides is 1. The third kappa shape index (κ3) is 4.73. The molecule has 4 aromatic rings. The van der Waals surface area contributed by atoms with E-state index >= 15 is 0 Å². The first-order valence-electron chi connectivity index (χ1n) is 10.2. The van der Waals surface area contributed by atoms with Crippen molar-refractivity contribution in [1.29, 1.82) is 0 Å². The molecule has 0 atom stereocenters. The number of sulfonamides is 1. The Morgan fingerprint density at radius 1 is 1.00 bits per heavy atom. The summed E-state index contributed by atoms with van der Waals surface area (Å²) in [6, 6.07) is 16.4. The second kappa shape index (κ2) is 9.31. The maximum atomic E-state index is 13.9. The number of anilines is 1. The summed E-state index contributed by atoms with van der Waals surface area (Å²) in [5.74, 6) is -2.02. The summed E-state index contributed by atoms with van der Waals surface area (Å²) in [6.45, 7) is -0.558. The van der Waals surface area contributed by atoms with E-state index in [4.69, 9.17) is 0 Å². The molecule has 0 saturated heterocycles. The molecule has 0 fully saturated rings. The van der Waals surface area contributed by atoms with Crippen LogP contribution in [0.4, 0.5) is 22.6 Å². The third-order valence-corrected chi connectivity index (χ3v) is 8.32. The van der Waals surface area contributed by atoms with Crippen LogP contribution in [-0.2, 0) is 22.7 Å². The largest absolute Gasteiger partial charge is 0.419 e. The number of nitrogens with zero attached hydrogens (tertiary/aromatic N) is 1. The van der Waals surface area contributed by atoms with Crippen LogP contribution in [-0.4, -0.2) is 21.4 Å². The summed E-state index contributed by atoms with van der Waals surface area (Å²) in [7, 11) is -2.94.